The van der Waals surface area contributed by atoms with Crippen LogP contribution < -0.4 is 4.90 Å². The molecule has 0 bridgehead atoms. The highest BCUT2D eigenvalue weighted by molar-refractivity contribution is 6.20. The number of imide groups is 1. The molecule has 0 fully saturated rings. The van der Waals surface area contributed by atoms with Crippen LogP contribution in [0.25, 0.3) is 0 Å². The maximum atomic E-state index is 12.5. The summed E-state index contributed by atoms with van der Waals surface area (Å²) in [6.45, 7) is 2.40. The van der Waals surface area contributed by atoms with Gasteiger partial charge in [-0.05, 0) is 37.1 Å². The van der Waals surface area contributed by atoms with E-state index >= 15 is 0 Å². The molecular weight excluding hydrogens is 320 g/mol. The van der Waals surface area contributed by atoms with Crippen molar-refractivity contribution < 1.29 is 19.2 Å². The third-order valence-corrected chi connectivity index (χ3v) is 4.67. The molecule has 2 aliphatic rings. The van der Waals surface area contributed by atoms with Crippen LogP contribution in [0.4, 0.5) is 5.69 Å². The normalized spacial score (nSPS) is 16.7. The SMILES string of the molecule is CC(C(=O)ON1C(=O)c2ccccc2C1=O)N1CCc2ccccc21. The number of carbonyl (C=O) groups excluding carboxylic acids is 3. The number of hydrogen-bond acceptors (Lipinski definition) is 5. The van der Waals surface area contributed by atoms with Gasteiger partial charge in [0.05, 0.1) is 11.1 Å². The van der Waals surface area contributed by atoms with E-state index in [1.807, 2.05) is 29.2 Å². The van der Waals surface area contributed by atoms with Gasteiger partial charge in [-0.15, -0.1) is 0 Å². The standard InChI is InChI=1S/C19H16N2O4/c1-12(20-11-10-13-6-2-5-9-16(13)20)19(24)25-21-17(22)14-7-3-4-8-15(14)18(21)23/h2-9,12H,10-11H2,1H3. The molecule has 1 atom stereocenters. The molecule has 0 saturated carbocycles. The molecule has 126 valence electrons. The molecule has 1 unspecified atom stereocenters. The van der Waals surface area contributed by atoms with Gasteiger partial charge in [-0.2, -0.15) is 0 Å². The number of para-hydroxylation sites is 1. The van der Waals surface area contributed by atoms with Crippen molar-refractivity contribution >= 4 is 23.5 Å². The van der Waals surface area contributed by atoms with E-state index < -0.39 is 23.8 Å². The van der Waals surface area contributed by atoms with Gasteiger partial charge in [0.25, 0.3) is 11.8 Å². The lowest BCUT2D eigenvalue weighted by Gasteiger charge is -2.26. The van der Waals surface area contributed by atoms with Crippen LogP contribution in [0.1, 0.15) is 33.2 Å². The molecule has 4 rings (SSSR count). The van der Waals surface area contributed by atoms with Gasteiger partial charge in [-0.1, -0.05) is 35.4 Å². The van der Waals surface area contributed by atoms with Gasteiger partial charge < -0.3 is 9.74 Å². The zero-order valence-corrected chi connectivity index (χ0v) is 13.6. The molecular formula is C19H16N2O4. The molecule has 0 spiro atoms. The Labute approximate surface area is 144 Å². The van der Waals surface area contributed by atoms with Crippen molar-refractivity contribution in [2.45, 2.75) is 19.4 Å². The summed E-state index contributed by atoms with van der Waals surface area (Å²) in [5.74, 6) is -1.85. The molecule has 2 aliphatic heterocycles. The van der Waals surface area contributed by atoms with Crippen molar-refractivity contribution in [3.05, 3.63) is 65.2 Å². The first-order valence-electron chi connectivity index (χ1n) is 8.12. The van der Waals surface area contributed by atoms with Gasteiger partial charge in [0.2, 0.25) is 0 Å². The van der Waals surface area contributed by atoms with Crippen LogP contribution in [0.3, 0.4) is 0 Å². The van der Waals surface area contributed by atoms with Crippen LogP contribution >= 0.6 is 0 Å². The number of anilines is 1. The molecule has 0 N–H and O–H groups in total. The molecule has 0 saturated heterocycles. The Morgan fingerprint density at radius 3 is 2.28 bits per heavy atom. The first-order chi connectivity index (χ1) is 12.1. The summed E-state index contributed by atoms with van der Waals surface area (Å²) >= 11 is 0. The predicted molar refractivity (Wildman–Crippen MR) is 90.0 cm³/mol. The minimum atomic E-state index is -0.633. The molecule has 2 aromatic carbocycles. The lowest BCUT2D eigenvalue weighted by molar-refractivity contribution is -0.169. The second-order valence-corrected chi connectivity index (χ2v) is 6.11. The van der Waals surface area contributed by atoms with Crippen molar-refractivity contribution in [3.63, 3.8) is 0 Å². The van der Waals surface area contributed by atoms with Crippen LogP contribution in [-0.2, 0) is 16.1 Å². The van der Waals surface area contributed by atoms with Gasteiger partial charge in [0.1, 0.15) is 6.04 Å². The van der Waals surface area contributed by atoms with Crippen molar-refractivity contribution in [3.8, 4) is 0 Å². The molecule has 0 aliphatic carbocycles. The van der Waals surface area contributed by atoms with Gasteiger partial charge >= 0.3 is 5.97 Å². The number of hydrogen-bond donors (Lipinski definition) is 0. The number of carbonyl (C=O) groups is 3. The van der Waals surface area contributed by atoms with E-state index in [1.54, 1.807) is 31.2 Å². The second-order valence-electron chi connectivity index (χ2n) is 6.11. The smallest absolute Gasteiger partial charge is 0.355 e. The summed E-state index contributed by atoms with van der Waals surface area (Å²) in [7, 11) is 0. The molecule has 0 aromatic heterocycles. The quantitative estimate of drug-likeness (QED) is 0.804. The highest BCUT2D eigenvalue weighted by Crippen LogP contribution is 2.30. The number of benzene rings is 2. The van der Waals surface area contributed by atoms with E-state index in [0.29, 0.717) is 11.6 Å². The molecule has 6 nitrogen and oxygen atoms in total. The van der Waals surface area contributed by atoms with Crippen LogP contribution in [0.2, 0.25) is 0 Å². The van der Waals surface area contributed by atoms with Crippen LogP contribution in [-0.4, -0.2) is 35.4 Å². The van der Waals surface area contributed by atoms with Gasteiger partial charge in [-0.25, -0.2) is 4.79 Å². The Balaban J connectivity index is 1.52. The van der Waals surface area contributed by atoms with E-state index in [2.05, 4.69) is 0 Å². The largest absolute Gasteiger partial charge is 0.358 e. The topological polar surface area (TPSA) is 66.9 Å². The Morgan fingerprint density at radius 1 is 1.00 bits per heavy atom. The first-order valence-corrected chi connectivity index (χ1v) is 8.12. The molecule has 6 heteroatoms. The number of nitrogens with zero attached hydrogens (tertiary/aromatic N) is 2. The van der Waals surface area contributed by atoms with E-state index in [0.717, 1.165) is 12.1 Å². The number of fused-ring (bicyclic) bond motifs is 2. The van der Waals surface area contributed by atoms with Crippen molar-refractivity contribution in [2.75, 3.05) is 11.4 Å². The summed E-state index contributed by atoms with van der Waals surface area (Å²) in [4.78, 5) is 44.2. The van der Waals surface area contributed by atoms with E-state index in [1.165, 1.54) is 5.56 Å². The molecule has 2 amide bonds. The van der Waals surface area contributed by atoms with E-state index in [4.69, 9.17) is 4.84 Å². The highest BCUT2D eigenvalue weighted by atomic mass is 16.7. The predicted octanol–water partition coefficient (Wildman–Crippen LogP) is 2.19. The molecule has 2 heterocycles. The summed E-state index contributed by atoms with van der Waals surface area (Å²) < 4.78 is 0. The molecule has 2 aromatic rings. The van der Waals surface area contributed by atoms with Crippen molar-refractivity contribution in [1.82, 2.24) is 5.06 Å². The van der Waals surface area contributed by atoms with E-state index in [9.17, 15) is 14.4 Å². The second kappa shape index (κ2) is 5.73. The Morgan fingerprint density at radius 2 is 1.60 bits per heavy atom. The third-order valence-electron chi connectivity index (χ3n) is 4.67. The summed E-state index contributed by atoms with van der Waals surface area (Å²) in [6.07, 6.45) is 0.848. The van der Waals surface area contributed by atoms with Gasteiger partial charge in [0.15, 0.2) is 0 Å². The van der Waals surface area contributed by atoms with Crippen LogP contribution in [0.5, 0.6) is 0 Å². The Kier molecular flexibility index (Phi) is 3.53. The monoisotopic (exact) mass is 336 g/mol. The van der Waals surface area contributed by atoms with Gasteiger partial charge in [-0.3, -0.25) is 9.59 Å². The average molecular weight is 336 g/mol. The molecule has 0 radical (unpaired) electrons. The fourth-order valence-electron chi connectivity index (χ4n) is 3.31. The lowest BCUT2D eigenvalue weighted by Crippen LogP contribution is -2.43. The maximum Gasteiger partial charge on any atom is 0.355 e. The summed E-state index contributed by atoms with van der Waals surface area (Å²) in [5, 5.41) is 0.561. The number of rotatable bonds is 3. The summed E-state index contributed by atoms with van der Waals surface area (Å²) in [6, 6.07) is 13.7. The van der Waals surface area contributed by atoms with E-state index in [-0.39, 0.29) is 11.1 Å². The zero-order chi connectivity index (χ0) is 17.6. The fraction of sp³-hybridized carbons (Fsp3) is 0.211. The Hall–Kier alpha value is -3.15. The zero-order valence-electron chi connectivity index (χ0n) is 13.6. The first kappa shape index (κ1) is 15.4. The minimum absolute atomic E-state index is 0.250. The van der Waals surface area contributed by atoms with Crippen LogP contribution in [0.15, 0.2) is 48.5 Å². The number of amides is 2. The van der Waals surface area contributed by atoms with Crippen molar-refractivity contribution in [1.29, 1.82) is 0 Å². The maximum absolute atomic E-state index is 12.5. The number of hydroxylamine groups is 2. The Bertz CT molecular complexity index is 857. The lowest BCUT2D eigenvalue weighted by atomic mass is 10.1. The molecule has 25 heavy (non-hydrogen) atoms. The summed E-state index contributed by atoms with van der Waals surface area (Å²) in [5.41, 5.74) is 2.65. The highest BCUT2D eigenvalue weighted by Gasteiger charge is 2.40. The van der Waals surface area contributed by atoms with Crippen molar-refractivity contribution in [2.24, 2.45) is 0 Å². The fourth-order valence-corrected chi connectivity index (χ4v) is 3.31. The van der Waals surface area contributed by atoms with Gasteiger partial charge in [0, 0.05) is 12.2 Å². The minimum Gasteiger partial charge on any atom is -0.358 e. The third kappa shape index (κ3) is 2.38. The van der Waals surface area contributed by atoms with Crippen LogP contribution in [0, 0.1) is 0 Å². The average Bonchev–Trinajstić information content (AvgIpc) is 3.17.